The summed E-state index contributed by atoms with van der Waals surface area (Å²) in [6, 6.07) is 0. The summed E-state index contributed by atoms with van der Waals surface area (Å²) < 4.78 is 7.19. The number of carbonyl (C=O) groups is 1. The summed E-state index contributed by atoms with van der Waals surface area (Å²) in [5, 5.41) is 8.83. The van der Waals surface area contributed by atoms with Crippen LogP contribution in [0.5, 0.6) is 0 Å². The molecule has 0 radical (unpaired) electrons. The van der Waals surface area contributed by atoms with Gasteiger partial charge in [0.15, 0.2) is 0 Å². The Morgan fingerprint density at radius 1 is 1.00 bits per heavy atom. The van der Waals surface area contributed by atoms with Crippen molar-refractivity contribution in [1.29, 1.82) is 0 Å². The molecule has 0 rings (SSSR count). The van der Waals surface area contributed by atoms with Gasteiger partial charge in [-0.2, -0.15) is 0 Å². The van der Waals surface area contributed by atoms with Crippen LogP contribution in [-0.2, 0) is 4.79 Å². The fourth-order valence-electron chi connectivity index (χ4n) is 3.32. The van der Waals surface area contributed by atoms with E-state index in [0.717, 1.165) is 0 Å². The van der Waals surface area contributed by atoms with Crippen molar-refractivity contribution in [3.8, 4) is 0 Å². The van der Waals surface area contributed by atoms with Crippen molar-refractivity contribution in [3.63, 3.8) is 0 Å². The summed E-state index contributed by atoms with van der Waals surface area (Å²) in [6.45, 7) is 11.1. The quantitative estimate of drug-likeness (QED) is 0.199. The Labute approximate surface area is 166 Å². The molecule has 0 aliphatic heterocycles. The van der Waals surface area contributed by atoms with Crippen LogP contribution in [0, 0.1) is 5.92 Å². The second kappa shape index (κ2) is 15.5. The van der Waals surface area contributed by atoms with E-state index >= 15 is 0 Å². The fraction of sp³-hybridized carbons (Fsp3) is 0.696. The van der Waals surface area contributed by atoms with Crippen molar-refractivity contribution in [2.24, 2.45) is 5.92 Å². The van der Waals surface area contributed by atoms with Gasteiger partial charge in [-0.1, -0.05) is 0 Å². The summed E-state index contributed by atoms with van der Waals surface area (Å²) >= 11 is -2.18. The number of carboxylic acid groups (broad SMARTS) is 1. The summed E-state index contributed by atoms with van der Waals surface area (Å²) in [6.07, 6.45) is 16.8. The molecule has 0 unspecified atom stereocenters. The van der Waals surface area contributed by atoms with Crippen LogP contribution < -0.4 is 0 Å². The number of carboxylic acids is 1. The Morgan fingerprint density at radius 3 is 1.92 bits per heavy atom. The Hall–Kier alpha value is -0.511. The fourth-order valence-corrected chi connectivity index (χ4v) is 17.7. The summed E-state index contributed by atoms with van der Waals surface area (Å²) in [7, 11) is 0. The first-order valence-corrected chi connectivity index (χ1v) is 18.4. The van der Waals surface area contributed by atoms with Crippen molar-refractivity contribution in [3.05, 3.63) is 34.0 Å². The molecule has 1 N–H and O–H groups in total. The third-order valence-electron chi connectivity index (χ3n) is 5.08. The Kier molecular flexibility index (Phi) is 15.2. The molecule has 150 valence electrons. The van der Waals surface area contributed by atoms with Crippen molar-refractivity contribution in [2.45, 2.75) is 92.9 Å². The van der Waals surface area contributed by atoms with E-state index in [1.165, 1.54) is 57.4 Å². The minimum absolute atomic E-state index is 0.0810. The van der Waals surface area contributed by atoms with E-state index in [0.29, 0.717) is 0 Å². The van der Waals surface area contributed by atoms with Gasteiger partial charge in [0.1, 0.15) is 0 Å². The number of unbranched alkanes of at least 4 members (excludes halogenated alkanes) is 3. The average molecular weight is 469 g/mol. The Bertz CT molecular complexity index is 441. The van der Waals surface area contributed by atoms with Gasteiger partial charge in [0.2, 0.25) is 0 Å². The third-order valence-corrected chi connectivity index (χ3v) is 19.1. The molecule has 0 aliphatic rings. The van der Waals surface area contributed by atoms with E-state index in [2.05, 4.69) is 43.9 Å². The number of allylic oxidation sites excluding steroid dienone is 5. The first-order chi connectivity index (χ1) is 12.4. The van der Waals surface area contributed by atoms with Gasteiger partial charge in [0.05, 0.1) is 0 Å². The van der Waals surface area contributed by atoms with Crippen LogP contribution in [0.2, 0.25) is 13.3 Å². The monoisotopic (exact) mass is 470 g/mol. The van der Waals surface area contributed by atoms with E-state index in [4.69, 9.17) is 5.11 Å². The van der Waals surface area contributed by atoms with Crippen molar-refractivity contribution in [1.82, 2.24) is 0 Å². The summed E-state index contributed by atoms with van der Waals surface area (Å²) in [5.41, 5.74) is 1.29. The molecule has 0 heterocycles. The number of hydrogen-bond acceptors (Lipinski definition) is 1. The molecular formula is C23H42O2Sn. The summed E-state index contributed by atoms with van der Waals surface area (Å²) in [5.74, 6) is -0.651. The molecule has 0 aliphatic carbocycles. The topological polar surface area (TPSA) is 37.3 Å². The van der Waals surface area contributed by atoms with E-state index in [1.807, 2.05) is 19.1 Å². The maximum absolute atomic E-state index is 10.7. The molecule has 1 atom stereocenters. The second-order valence-electron chi connectivity index (χ2n) is 7.88. The van der Waals surface area contributed by atoms with Gasteiger partial charge in [0, 0.05) is 0 Å². The van der Waals surface area contributed by atoms with E-state index < -0.39 is 24.3 Å². The molecular weight excluding hydrogens is 427 g/mol. The van der Waals surface area contributed by atoms with Gasteiger partial charge in [0.25, 0.3) is 0 Å². The van der Waals surface area contributed by atoms with E-state index in [9.17, 15) is 4.79 Å². The van der Waals surface area contributed by atoms with Crippen LogP contribution in [0.25, 0.3) is 0 Å². The zero-order valence-electron chi connectivity index (χ0n) is 17.9. The average Bonchev–Trinajstić information content (AvgIpc) is 2.60. The molecule has 0 aromatic carbocycles. The molecule has 0 bridgehead atoms. The second-order valence-corrected chi connectivity index (χ2v) is 20.9. The Morgan fingerprint density at radius 2 is 1.50 bits per heavy atom. The van der Waals surface area contributed by atoms with Crippen LogP contribution in [0.4, 0.5) is 0 Å². The predicted molar refractivity (Wildman–Crippen MR) is 118 cm³/mol. The number of rotatable bonds is 15. The molecule has 0 fully saturated rings. The maximum atomic E-state index is 10.7. The minimum atomic E-state index is -2.18. The molecule has 0 aromatic rings. The van der Waals surface area contributed by atoms with Crippen molar-refractivity contribution in [2.75, 3.05) is 0 Å². The molecule has 0 spiro atoms. The zero-order valence-corrected chi connectivity index (χ0v) is 20.7. The SMILES string of the molecule is CCC[CH2][Sn](/[CH]=C/C(C)=C\C=C/[C@@H](C)CC(=O)O)([CH2]CCC)[CH2]CCC. The standard InChI is InChI=1S/C11H15O2.3C4H9.Sn/c1-4-9(2)6-5-7-10(3)8-11(12)13;3*1-3-4-2;/h1,4-7,10H,8H2,2-3H3,(H,12,13);3*1,3-4H2,2H3;/b4-1?,7-5-,9-6-;;;;/t10-;;;;/m1..../s1. The number of hydrogen-bond donors (Lipinski definition) is 1. The van der Waals surface area contributed by atoms with Crippen LogP contribution in [0.1, 0.15) is 79.6 Å². The van der Waals surface area contributed by atoms with Gasteiger partial charge < -0.3 is 0 Å². The van der Waals surface area contributed by atoms with Crippen LogP contribution in [0.15, 0.2) is 34.0 Å². The van der Waals surface area contributed by atoms with Crippen molar-refractivity contribution < 1.29 is 9.90 Å². The summed E-state index contributed by atoms with van der Waals surface area (Å²) in [4.78, 5) is 10.7. The van der Waals surface area contributed by atoms with Gasteiger partial charge in [-0.15, -0.1) is 0 Å². The van der Waals surface area contributed by atoms with Crippen LogP contribution in [-0.4, -0.2) is 29.5 Å². The van der Waals surface area contributed by atoms with Gasteiger partial charge in [-0.3, -0.25) is 0 Å². The molecule has 0 saturated heterocycles. The zero-order chi connectivity index (χ0) is 19.8. The van der Waals surface area contributed by atoms with Crippen molar-refractivity contribution >= 4 is 24.3 Å². The predicted octanol–water partition coefficient (Wildman–Crippen LogP) is 7.54. The molecule has 3 heteroatoms. The van der Waals surface area contributed by atoms with Gasteiger partial charge in [-0.05, 0) is 0 Å². The first-order valence-electron chi connectivity index (χ1n) is 10.6. The molecule has 0 amide bonds. The third kappa shape index (κ3) is 12.8. The van der Waals surface area contributed by atoms with Gasteiger partial charge in [-0.25, -0.2) is 0 Å². The molecule has 0 aromatic heterocycles. The first kappa shape index (κ1) is 25.5. The molecule has 2 nitrogen and oxygen atoms in total. The molecule has 26 heavy (non-hydrogen) atoms. The van der Waals surface area contributed by atoms with Crippen LogP contribution in [0.3, 0.4) is 0 Å². The van der Waals surface area contributed by atoms with Gasteiger partial charge >= 0.3 is 167 Å². The van der Waals surface area contributed by atoms with E-state index in [-0.39, 0.29) is 12.3 Å². The normalized spacial score (nSPS) is 14.4. The Balaban J connectivity index is 5.08. The van der Waals surface area contributed by atoms with E-state index in [1.54, 1.807) is 0 Å². The number of aliphatic carboxylic acids is 1. The van der Waals surface area contributed by atoms with Crippen LogP contribution >= 0.6 is 0 Å². The molecule has 0 saturated carbocycles.